The molecule has 2 amide bonds. The van der Waals surface area contributed by atoms with Crippen molar-refractivity contribution < 1.29 is 9.59 Å². The SMILES string of the molecule is CC1CCN([C@@H](C)CNC(=O)[C@@H](C)NC(=O)c2cccs2)CC1. The van der Waals surface area contributed by atoms with Crippen LogP contribution in [0.3, 0.4) is 0 Å². The van der Waals surface area contributed by atoms with E-state index in [2.05, 4.69) is 29.4 Å². The number of nitrogens with one attached hydrogen (secondary N) is 2. The van der Waals surface area contributed by atoms with E-state index in [1.807, 2.05) is 11.4 Å². The Morgan fingerprint density at radius 2 is 2.04 bits per heavy atom. The lowest BCUT2D eigenvalue weighted by atomic mass is 9.98. The summed E-state index contributed by atoms with van der Waals surface area (Å²) < 4.78 is 0. The van der Waals surface area contributed by atoms with Crippen LogP contribution >= 0.6 is 11.3 Å². The van der Waals surface area contributed by atoms with Crippen molar-refractivity contribution in [3.63, 3.8) is 0 Å². The summed E-state index contributed by atoms with van der Waals surface area (Å²) in [5.74, 6) is 0.480. The van der Waals surface area contributed by atoms with Gasteiger partial charge in [-0.25, -0.2) is 0 Å². The molecule has 0 spiro atoms. The zero-order chi connectivity index (χ0) is 16.8. The zero-order valence-electron chi connectivity index (χ0n) is 14.2. The third-order valence-electron chi connectivity index (χ3n) is 4.50. The highest BCUT2D eigenvalue weighted by Crippen LogP contribution is 2.17. The molecule has 0 aliphatic carbocycles. The van der Waals surface area contributed by atoms with Crippen molar-refractivity contribution >= 4 is 23.2 Å². The van der Waals surface area contributed by atoms with Gasteiger partial charge < -0.3 is 10.6 Å². The lowest BCUT2D eigenvalue weighted by Gasteiger charge is -2.35. The quantitative estimate of drug-likeness (QED) is 0.836. The van der Waals surface area contributed by atoms with Crippen molar-refractivity contribution in [2.24, 2.45) is 5.92 Å². The summed E-state index contributed by atoms with van der Waals surface area (Å²) in [6, 6.07) is 3.38. The largest absolute Gasteiger partial charge is 0.353 e. The molecule has 2 heterocycles. The average molecular weight is 337 g/mol. The highest BCUT2D eigenvalue weighted by Gasteiger charge is 2.22. The van der Waals surface area contributed by atoms with E-state index < -0.39 is 6.04 Å². The Morgan fingerprint density at radius 1 is 1.35 bits per heavy atom. The minimum absolute atomic E-state index is 0.132. The van der Waals surface area contributed by atoms with Gasteiger partial charge in [-0.3, -0.25) is 14.5 Å². The highest BCUT2D eigenvalue weighted by atomic mass is 32.1. The second-order valence-corrected chi connectivity index (χ2v) is 7.43. The number of piperidine rings is 1. The number of rotatable bonds is 6. The number of hydrogen-bond donors (Lipinski definition) is 2. The smallest absolute Gasteiger partial charge is 0.261 e. The van der Waals surface area contributed by atoms with Crippen LogP contribution in [-0.2, 0) is 4.79 Å². The van der Waals surface area contributed by atoms with Crippen LogP contribution in [0.4, 0.5) is 0 Å². The van der Waals surface area contributed by atoms with Gasteiger partial charge in [0.15, 0.2) is 0 Å². The van der Waals surface area contributed by atoms with Gasteiger partial charge in [0.1, 0.15) is 6.04 Å². The number of amides is 2. The van der Waals surface area contributed by atoms with E-state index in [0.29, 0.717) is 17.5 Å². The van der Waals surface area contributed by atoms with Crippen molar-refractivity contribution in [3.8, 4) is 0 Å². The molecule has 128 valence electrons. The molecule has 2 N–H and O–H groups in total. The molecule has 1 aromatic rings. The number of thiophene rings is 1. The fourth-order valence-corrected chi connectivity index (χ4v) is 3.37. The van der Waals surface area contributed by atoms with E-state index >= 15 is 0 Å². The second kappa shape index (κ2) is 8.45. The molecule has 0 aromatic carbocycles. The van der Waals surface area contributed by atoms with Gasteiger partial charge in [-0.15, -0.1) is 11.3 Å². The first-order valence-corrected chi connectivity index (χ1v) is 9.21. The molecule has 1 aliphatic rings. The Balaban J connectivity index is 1.72. The summed E-state index contributed by atoms with van der Waals surface area (Å²) in [7, 11) is 0. The molecule has 0 unspecified atom stereocenters. The van der Waals surface area contributed by atoms with Crippen molar-refractivity contribution in [3.05, 3.63) is 22.4 Å². The number of hydrogen-bond acceptors (Lipinski definition) is 4. The van der Waals surface area contributed by atoms with Crippen molar-refractivity contribution in [2.45, 2.75) is 45.7 Å². The van der Waals surface area contributed by atoms with Crippen LogP contribution in [0.2, 0.25) is 0 Å². The Kier molecular flexibility index (Phi) is 6.59. The van der Waals surface area contributed by atoms with Crippen molar-refractivity contribution in [1.82, 2.24) is 15.5 Å². The van der Waals surface area contributed by atoms with E-state index in [9.17, 15) is 9.59 Å². The average Bonchev–Trinajstić information content (AvgIpc) is 3.07. The third-order valence-corrected chi connectivity index (χ3v) is 5.37. The normalized spacial score (nSPS) is 19.1. The molecule has 1 aromatic heterocycles. The zero-order valence-corrected chi connectivity index (χ0v) is 15.0. The molecular weight excluding hydrogens is 310 g/mol. The number of carbonyl (C=O) groups is 2. The van der Waals surface area contributed by atoms with Gasteiger partial charge in [0.25, 0.3) is 5.91 Å². The Morgan fingerprint density at radius 3 is 2.65 bits per heavy atom. The predicted molar refractivity (Wildman–Crippen MR) is 93.7 cm³/mol. The van der Waals surface area contributed by atoms with Crippen LogP contribution in [0.15, 0.2) is 17.5 Å². The molecule has 0 saturated carbocycles. The lowest BCUT2D eigenvalue weighted by molar-refractivity contribution is -0.122. The van der Waals surface area contributed by atoms with Crippen LogP contribution in [0.1, 0.15) is 43.3 Å². The standard InChI is InChI=1S/C17H27N3O2S/c1-12-6-8-20(9-7-12)13(2)11-18-16(21)14(3)19-17(22)15-5-4-10-23-15/h4-5,10,12-14H,6-9,11H2,1-3H3,(H,18,21)(H,19,22)/t13-,14+/m0/s1. The van der Waals surface area contributed by atoms with Gasteiger partial charge in [-0.05, 0) is 57.1 Å². The van der Waals surface area contributed by atoms with Crippen molar-refractivity contribution in [2.75, 3.05) is 19.6 Å². The maximum Gasteiger partial charge on any atom is 0.261 e. The molecule has 23 heavy (non-hydrogen) atoms. The van der Waals surface area contributed by atoms with Gasteiger partial charge >= 0.3 is 0 Å². The molecule has 2 atom stereocenters. The maximum atomic E-state index is 12.1. The minimum atomic E-state index is -0.529. The van der Waals surface area contributed by atoms with Crippen LogP contribution in [-0.4, -0.2) is 48.4 Å². The van der Waals surface area contributed by atoms with Gasteiger partial charge in [0, 0.05) is 12.6 Å². The van der Waals surface area contributed by atoms with E-state index in [1.54, 1.807) is 13.0 Å². The first-order chi connectivity index (χ1) is 11.0. The van der Waals surface area contributed by atoms with Crippen molar-refractivity contribution in [1.29, 1.82) is 0 Å². The van der Waals surface area contributed by atoms with Gasteiger partial charge in [0.05, 0.1) is 4.88 Å². The Bertz CT molecular complexity index is 510. The van der Waals surface area contributed by atoms with Crippen LogP contribution < -0.4 is 10.6 Å². The molecule has 1 aliphatic heterocycles. The molecule has 5 nitrogen and oxygen atoms in total. The van der Waals surface area contributed by atoms with Crippen LogP contribution in [0.25, 0.3) is 0 Å². The Hall–Kier alpha value is -1.40. The van der Waals surface area contributed by atoms with Crippen LogP contribution in [0, 0.1) is 5.92 Å². The van der Waals surface area contributed by atoms with Gasteiger partial charge in [-0.1, -0.05) is 13.0 Å². The molecule has 0 bridgehead atoms. The maximum absolute atomic E-state index is 12.1. The van der Waals surface area contributed by atoms with E-state index in [4.69, 9.17) is 0 Å². The molecular formula is C17H27N3O2S. The van der Waals surface area contributed by atoms with E-state index in [1.165, 1.54) is 24.2 Å². The van der Waals surface area contributed by atoms with Crippen LogP contribution in [0.5, 0.6) is 0 Å². The Labute approximate surface area is 142 Å². The predicted octanol–water partition coefficient (Wildman–Crippen LogP) is 2.10. The summed E-state index contributed by atoms with van der Waals surface area (Å²) in [5.41, 5.74) is 0. The molecule has 0 radical (unpaired) electrons. The monoisotopic (exact) mass is 337 g/mol. The summed E-state index contributed by atoms with van der Waals surface area (Å²) in [6.07, 6.45) is 2.46. The van der Waals surface area contributed by atoms with E-state index in [-0.39, 0.29) is 11.8 Å². The molecule has 2 rings (SSSR count). The first kappa shape index (κ1) is 17.9. The number of nitrogens with zero attached hydrogens (tertiary/aromatic N) is 1. The third kappa shape index (κ3) is 5.32. The fourth-order valence-electron chi connectivity index (χ4n) is 2.74. The number of carbonyl (C=O) groups excluding carboxylic acids is 2. The fraction of sp³-hybridized carbons (Fsp3) is 0.647. The first-order valence-electron chi connectivity index (χ1n) is 8.33. The molecule has 1 saturated heterocycles. The topological polar surface area (TPSA) is 61.4 Å². The molecule has 6 heteroatoms. The summed E-state index contributed by atoms with van der Waals surface area (Å²) in [5, 5.41) is 7.53. The highest BCUT2D eigenvalue weighted by molar-refractivity contribution is 7.12. The lowest BCUT2D eigenvalue weighted by Crippen LogP contribution is -2.50. The minimum Gasteiger partial charge on any atom is -0.353 e. The van der Waals surface area contributed by atoms with Gasteiger partial charge in [-0.2, -0.15) is 0 Å². The summed E-state index contributed by atoms with van der Waals surface area (Å²) in [4.78, 5) is 27.1. The summed E-state index contributed by atoms with van der Waals surface area (Å²) >= 11 is 1.37. The summed E-state index contributed by atoms with van der Waals surface area (Å²) in [6.45, 7) is 8.97. The number of likely N-dealkylation sites (tertiary alicyclic amines) is 1. The van der Waals surface area contributed by atoms with Gasteiger partial charge in [0.2, 0.25) is 5.91 Å². The van der Waals surface area contributed by atoms with E-state index in [0.717, 1.165) is 19.0 Å². The molecule has 1 fully saturated rings. The second-order valence-electron chi connectivity index (χ2n) is 6.49.